The van der Waals surface area contributed by atoms with Crippen molar-refractivity contribution in [1.82, 2.24) is 19.9 Å². The van der Waals surface area contributed by atoms with Gasteiger partial charge in [-0.2, -0.15) is 0 Å². The Labute approximate surface area is 148 Å². The summed E-state index contributed by atoms with van der Waals surface area (Å²) in [5, 5.41) is 3.41. The predicted octanol–water partition coefficient (Wildman–Crippen LogP) is 4.42. The smallest absolute Gasteiger partial charge is 0.223 e. The minimum Gasteiger partial charge on any atom is -0.346 e. The number of aryl methyl sites for hydroxylation is 3. The number of pyridine rings is 2. The molecule has 128 valence electrons. The van der Waals surface area contributed by atoms with Crippen LogP contribution in [0.25, 0.3) is 11.3 Å². The van der Waals surface area contributed by atoms with E-state index in [2.05, 4.69) is 51.2 Å². The Morgan fingerprint density at radius 1 is 0.960 bits per heavy atom. The molecule has 3 aromatic rings. The van der Waals surface area contributed by atoms with Gasteiger partial charge in [-0.05, 0) is 63.1 Å². The second-order valence-electron chi connectivity index (χ2n) is 6.21. The number of rotatable bonds is 5. The molecule has 3 heterocycles. The average Bonchev–Trinajstić information content (AvgIpc) is 2.60. The maximum atomic E-state index is 4.68. The van der Waals surface area contributed by atoms with Crippen molar-refractivity contribution in [2.45, 2.75) is 40.2 Å². The van der Waals surface area contributed by atoms with E-state index in [1.165, 1.54) is 5.56 Å². The lowest BCUT2D eigenvalue weighted by molar-refractivity contribution is 0.713. The first-order chi connectivity index (χ1) is 12.1. The SMILES string of the molecule is CCC(Nc1nccc(-c2ccc(C)nc2C)n1)c1cc(C)ccn1. The fraction of sp³-hybridized carbons (Fsp3) is 0.300. The first-order valence-corrected chi connectivity index (χ1v) is 8.53. The number of nitrogens with zero attached hydrogens (tertiary/aromatic N) is 4. The van der Waals surface area contributed by atoms with Crippen LogP contribution in [0.5, 0.6) is 0 Å². The molecule has 0 saturated carbocycles. The van der Waals surface area contributed by atoms with E-state index in [0.717, 1.165) is 34.8 Å². The topological polar surface area (TPSA) is 63.6 Å². The molecule has 1 atom stereocenters. The molecule has 0 fully saturated rings. The van der Waals surface area contributed by atoms with Crippen molar-refractivity contribution in [2.24, 2.45) is 0 Å². The lowest BCUT2D eigenvalue weighted by atomic mass is 10.1. The Morgan fingerprint density at radius 2 is 1.76 bits per heavy atom. The number of aromatic nitrogens is 4. The van der Waals surface area contributed by atoms with Crippen LogP contribution in [0, 0.1) is 20.8 Å². The molecular weight excluding hydrogens is 310 g/mol. The van der Waals surface area contributed by atoms with Gasteiger partial charge in [0.15, 0.2) is 0 Å². The van der Waals surface area contributed by atoms with Gasteiger partial charge in [0.2, 0.25) is 5.95 Å². The molecule has 1 N–H and O–H groups in total. The summed E-state index contributed by atoms with van der Waals surface area (Å²) in [5.74, 6) is 0.604. The Morgan fingerprint density at radius 3 is 2.48 bits per heavy atom. The van der Waals surface area contributed by atoms with E-state index >= 15 is 0 Å². The van der Waals surface area contributed by atoms with Crippen LogP contribution in [0.3, 0.4) is 0 Å². The zero-order chi connectivity index (χ0) is 17.8. The van der Waals surface area contributed by atoms with Gasteiger partial charge in [0.25, 0.3) is 0 Å². The quantitative estimate of drug-likeness (QED) is 0.748. The summed E-state index contributed by atoms with van der Waals surface area (Å²) in [6.07, 6.45) is 4.52. The summed E-state index contributed by atoms with van der Waals surface area (Å²) in [5.41, 5.74) is 6.07. The van der Waals surface area contributed by atoms with E-state index in [-0.39, 0.29) is 6.04 Å². The van der Waals surface area contributed by atoms with E-state index in [9.17, 15) is 0 Å². The molecule has 0 aliphatic rings. The highest BCUT2D eigenvalue weighted by atomic mass is 15.1. The van der Waals surface area contributed by atoms with Gasteiger partial charge in [0.05, 0.1) is 17.4 Å². The maximum absolute atomic E-state index is 4.68. The molecule has 5 nitrogen and oxygen atoms in total. The lowest BCUT2D eigenvalue weighted by Crippen LogP contribution is -2.13. The van der Waals surface area contributed by atoms with Crippen LogP contribution in [0.2, 0.25) is 0 Å². The van der Waals surface area contributed by atoms with Crippen molar-refractivity contribution in [3.8, 4) is 11.3 Å². The molecule has 0 aliphatic carbocycles. The van der Waals surface area contributed by atoms with Crippen LogP contribution >= 0.6 is 0 Å². The van der Waals surface area contributed by atoms with Gasteiger partial charge in [-0.1, -0.05) is 6.92 Å². The third kappa shape index (κ3) is 3.99. The fourth-order valence-electron chi connectivity index (χ4n) is 2.83. The van der Waals surface area contributed by atoms with Crippen molar-refractivity contribution in [1.29, 1.82) is 0 Å². The number of nitrogens with one attached hydrogen (secondary N) is 1. The van der Waals surface area contributed by atoms with Crippen molar-refractivity contribution >= 4 is 5.95 Å². The highest BCUT2D eigenvalue weighted by molar-refractivity contribution is 5.62. The summed E-state index contributed by atoms with van der Waals surface area (Å²) >= 11 is 0. The molecule has 0 bridgehead atoms. The number of anilines is 1. The van der Waals surface area contributed by atoms with Crippen LogP contribution in [0.1, 0.15) is 42.0 Å². The number of hydrogen-bond donors (Lipinski definition) is 1. The van der Waals surface area contributed by atoms with Crippen molar-refractivity contribution < 1.29 is 0 Å². The molecular formula is C20H23N5. The monoisotopic (exact) mass is 333 g/mol. The van der Waals surface area contributed by atoms with Gasteiger partial charge in [-0.3, -0.25) is 9.97 Å². The standard InChI is InChI=1S/C20H23N5/c1-5-17(19-12-13(2)8-10-21-19)24-20-22-11-9-18(25-20)16-7-6-14(3)23-15(16)4/h6-12,17H,5H2,1-4H3,(H,22,24,25). The molecule has 3 rings (SSSR count). The lowest BCUT2D eigenvalue weighted by Gasteiger charge is -2.17. The summed E-state index contributed by atoms with van der Waals surface area (Å²) in [6, 6.07) is 10.1. The van der Waals surface area contributed by atoms with Crippen LogP contribution in [0.4, 0.5) is 5.95 Å². The average molecular weight is 333 g/mol. The van der Waals surface area contributed by atoms with Gasteiger partial charge in [0, 0.05) is 29.3 Å². The zero-order valence-electron chi connectivity index (χ0n) is 15.1. The van der Waals surface area contributed by atoms with Gasteiger partial charge >= 0.3 is 0 Å². The van der Waals surface area contributed by atoms with Gasteiger partial charge in [-0.25, -0.2) is 9.97 Å². The second kappa shape index (κ2) is 7.38. The minimum absolute atomic E-state index is 0.0763. The Bertz CT molecular complexity index is 875. The Hall–Kier alpha value is -2.82. The van der Waals surface area contributed by atoms with Crippen LogP contribution in [-0.2, 0) is 0 Å². The molecule has 25 heavy (non-hydrogen) atoms. The van der Waals surface area contributed by atoms with Crippen LogP contribution < -0.4 is 5.32 Å². The Kier molecular flexibility index (Phi) is 5.03. The van der Waals surface area contributed by atoms with Gasteiger partial charge in [0.1, 0.15) is 0 Å². The summed E-state index contributed by atoms with van der Waals surface area (Å²) in [6.45, 7) is 8.19. The zero-order valence-corrected chi connectivity index (χ0v) is 15.1. The largest absolute Gasteiger partial charge is 0.346 e. The third-order valence-corrected chi connectivity index (χ3v) is 4.16. The van der Waals surface area contributed by atoms with Crippen LogP contribution in [0.15, 0.2) is 42.7 Å². The van der Waals surface area contributed by atoms with Crippen molar-refractivity contribution in [3.05, 3.63) is 65.4 Å². The molecule has 1 unspecified atom stereocenters. The summed E-state index contributed by atoms with van der Waals surface area (Å²) in [4.78, 5) is 18.1. The first-order valence-electron chi connectivity index (χ1n) is 8.53. The van der Waals surface area contributed by atoms with Crippen molar-refractivity contribution in [3.63, 3.8) is 0 Å². The molecule has 5 heteroatoms. The van der Waals surface area contributed by atoms with E-state index in [1.807, 2.05) is 38.2 Å². The predicted molar refractivity (Wildman–Crippen MR) is 100 cm³/mol. The molecule has 0 amide bonds. The maximum Gasteiger partial charge on any atom is 0.223 e. The molecule has 3 aromatic heterocycles. The van der Waals surface area contributed by atoms with E-state index in [4.69, 9.17) is 0 Å². The summed E-state index contributed by atoms with van der Waals surface area (Å²) < 4.78 is 0. The van der Waals surface area contributed by atoms with E-state index in [1.54, 1.807) is 6.20 Å². The van der Waals surface area contributed by atoms with Crippen molar-refractivity contribution in [2.75, 3.05) is 5.32 Å². The number of hydrogen-bond acceptors (Lipinski definition) is 5. The Balaban J connectivity index is 1.88. The molecule has 0 aliphatic heterocycles. The normalized spacial score (nSPS) is 12.0. The molecule has 0 spiro atoms. The molecule has 0 saturated heterocycles. The molecule has 0 radical (unpaired) electrons. The van der Waals surface area contributed by atoms with Gasteiger partial charge < -0.3 is 5.32 Å². The molecule has 0 aromatic carbocycles. The van der Waals surface area contributed by atoms with E-state index in [0.29, 0.717) is 5.95 Å². The van der Waals surface area contributed by atoms with E-state index < -0.39 is 0 Å². The van der Waals surface area contributed by atoms with Crippen LogP contribution in [-0.4, -0.2) is 19.9 Å². The highest BCUT2D eigenvalue weighted by Gasteiger charge is 2.13. The second-order valence-corrected chi connectivity index (χ2v) is 6.21. The minimum atomic E-state index is 0.0763. The fourth-order valence-corrected chi connectivity index (χ4v) is 2.83. The van der Waals surface area contributed by atoms with Gasteiger partial charge in [-0.15, -0.1) is 0 Å². The third-order valence-electron chi connectivity index (χ3n) is 4.16. The highest BCUT2D eigenvalue weighted by Crippen LogP contribution is 2.23. The summed E-state index contributed by atoms with van der Waals surface area (Å²) in [7, 11) is 0. The first kappa shape index (κ1) is 17.0.